The average Bonchev–Trinajstić information content (AvgIpc) is 2.27. The number of likely N-dealkylation sites (N-methyl/N-ethyl adjacent to an activating group) is 1. The quantitative estimate of drug-likeness (QED) is 0.735. The molecule has 4 heteroatoms. The molecule has 1 heterocycles. The Bertz CT molecular complexity index is 278. The Balaban J connectivity index is 0.000000667. The van der Waals surface area contributed by atoms with Crippen LogP contribution in [0.3, 0.4) is 0 Å². The second-order valence-corrected chi connectivity index (χ2v) is 7.43. The van der Waals surface area contributed by atoms with Crippen molar-refractivity contribution in [1.29, 1.82) is 0 Å². The van der Waals surface area contributed by atoms with Crippen molar-refractivity contribution >= 4 is 24.8 Å². The summed E-state index contributed by atoms with van der Waals surface area (Å²) in [6.07, 6.45) is 9.36. The largest absolute Gasteiger partial charge is 0.304 e. The van der Waals surface area contributed by atoms with E-state index >= 15 is 0 Å². The van der Waals surface area contributed by atoms with Crippen molar-refractivity contribution in [2.75, 3.05) is 33.2 Å². The van der Waals surface area contributed by atoms with Gasteiger partial charge in [-0.15, -0.1) is 24.8 Å². The second-order valence-electron chi connectivity index (χ2n) is 7.43. The Morgan fingerprint density at radius 3 is 1.58 bits per heavy atom. The number of nitrogens with zero attached hydrogens (tertiary/aromatic N) is 2. The second kappa shape index (κ2) is 5.71. The first-order valence-electron chi connectivity index (χ1n) is 7.67. The minimum atomic E-state index is 0. The molecule has 2 nitrogen and oxygen atoms in total. The molecule has 0 N–H and O–H groups in total. The first-order chi connectivity index (χ1) is 8.23. The van der Waals surface area contributed by atoms with E-state index in [0.717, 1.165) is 17.8 Å². The molecule has 5 rings (SSSR count). The highest BCUT2D eigenvalue weighted by atomic mass is 35.5. The first-order valence-corrected chi connectivity index (χ1v) is 7.67. The monoisotopic (exact) mass is 306 g/mol. The number of piperazine rings is 1. The third-order valence-corrected chi connectivity index (χ3v) is 6.18. The minimum absolute atomic E-state index is 0. The van der Waals surface area contributed by atoms with Gasteiger partial charge in [-0.1, -0.05) is 0 Å². The maximum Gasteiger partial charge on any atom is 0.0218 e. The van der Waals surface area contributed by atoms with Gasteiger partial charge in [0.05, 0.1) is 0 Å². The molecule has 4 aliphatic carbocycles. The maximum absolute atomic E-state index is 2.90. The molecule has 1 saturated heterocycles. The summed E-state index contributed by atoms with van der Waals surface area (Å²) >= 11 is 0. The van der Waals surface area contributed by atoms with Crippen molar-refractivity contribution in [3.63, 3.8) is 0 Å². The highest BCUT2D eigenvalue weighted by molar-refractivity contribution is 5.85. The van der Waals surface area contributed by atoms with Gasteiger partial charge in [0.2, 0.25) is 0 Å². The highest BCUT2D eigenvalue weighted by Crippen LogP contribution is 2.57. The van der Waals surface area contributed by atoms with Crippen LogP contribution in [0.2, 0.25) is 0 Å². The fourth-order valence-corrected chi connectivity index (χ4v) is 5.73. The predicted molar refractivity (Wildman–Crippen MR) is 84.5 cm³/mol. The van der Waals surface area contributed by atoms with Crippen molar-refractivity contribution in [3.8, 4) is 0 Å². The van der Waals surface area contributed by atoms with Crippen LogP contribution in [-0.4, -0.2) is 48.6 Å². The van der Waals surface area contributed by atoms with E-state index < -0.39 is 0 Å². The van der Waals surface area contributed by atoms with Crippen molar-refractivity contribution in [1.82, 2.24) is 9.80 Å². The van der Waals surface area contributed by atoms with Gasteiger partial charge in [-0.25, -0.2) is 0 Å². The number of rotatable bonds is 1. The Labute approximate surface area is 130 Å². The SMILES string of the molecule is CN1CCN(C23CC4CC(CC(C4)C2)C3)CC1.Cl.Cl. The topological polar surface area (TPSA) is 6.48 Å². The lowest BCUT2D eigenvalue weighted by Gasteiger charge is -2.61. The molecule has 0 aromatic rings. The van der Waals surface area contributed by atoms with Gasteiger partial charge >= 0.3 is 0 Å². The molecule has 0 amide bonds. The van der Waals surface area contributed by atoms with Crippen molar-refractivity contribution < 1.29 is 0 Å². The average molecular weight is 307 g/mol. The molecule has 0 aromatic carbocycles. The van der Waals surface area contributed by atoms with Crippen LogP contribution < -0.4 is 0 Å². The van der Waals surface area contributed by atoms with Gasteiger partial charge < -0.3 is 4.90 Å². The molecule has 4 saturated carbocycles. The Morgan fingerprint density at radius 2 is 1.16 bits per heavy atom. The molecular formula is C15H28Cl2N2. The summed E-state index contributed by atoms with van der Waals surface area (Å²) in [6, 6.07) is 0. The Hall–Kier alpha value is 0.500. The van der Waals surface area contributed by atoms with Crippen LogP contribution in [0.15, 0.2) is 0 Å². The van der Waals surface area contributed by atoms with Gasteiger partial charge in [0, 0.05) is 31.7 Å². The van der Waals surface area contributed by atoms with E-state index in [4.69, 9.17) is 0 Å². The van der Waals surface area contributed by atoms with Crippen LogP contribution in [0, 0.1) is 17.8 Å². The summed E-state index contributed by atoms with van der Waals surface area (Å²) in [5.41, 5.74) is 0.663. The lowest BCUT2D eigenvalue weighted by Crippen LogP contribution is -2.63. The number of hydrogen-bond acceptors (Lipinski definition) is 2. The van der Waals surface area contributed by atoms with Gasteiger partial charge in [0.25, 0.3) is 0 Å². The van der Waals surface area contributed by atoms with Crippen LogP contribution in [-0.2, 0) is 0 Å². The van der Waals surface area contributed by atoms with Crippen molar-refractivity contribution in [2.45, 2.75) is 44.1 Å². The molecule has 4 bridgehead atoms. The fraction of sp³-hybridized carbons (Fsp3) is 1.00. The summed E-state index contributed by atoms with van der Waals surface area (Å²) in [4.78, 5) is 5.40. The van der Waals surface area contributed by atoms with Crippen molar-refractivity contribution in [3.05, 3.63) is 0 Å². The molecule has 0 atom stereocenters. The molecule has 0 aromatic heterocycles. The van der Waals surface area contributed by atoms with Gasteiger partial charge in [-0.3, -0.25) is 4.90 Å². The third kappa shape index (κ3) is 2.66. The van der Waals surface area contributed by atoms with E-state index in [2.05, 4.69) is 16.8 Å². The predicted octanol–water partition coefficient (Wildman–Crippen LogP) is 3.05. The lowest BCUT2D eigenvalue weighted by atomic mass is 9.52. The van der Waals surface area contributed by atoms with Gasteiger partial charge in [-0.05, 0) is 63.3 Å². The first kappa shape index (κ1) is 15.9. The summed E-state index contributed by atoms with van der Waals surface area (Å²) in [5, 5.41) is 0. The standard InChI is InChI=1S/C15H26N2.2ClH/c1-16-2-4-17(5-3-16)15-9-12-6-13(10-15)8-14(7-12)11-15;;/h12-14H,2-11H2,1H3;2*1H. The molecular weight excluding hydrogens is 279 g/mol. The van der Waals surface area contributed by atoms with E-state index in [9.17, 15) is 0 Å². The van der Waals surface area contributed by atoms with Crippen LogP contribution in [0.4, 0.5) is 0 Å². The molecule has 1 aliphatic heterocycles. The smallest absolute Gasteiger partial charge is 0.0218 e. The molecule has 112 valence electrons. The lowest BCUT2D eigenvalue weighted by molar-refractivity contribution is -0.0994. The van der Waals surface area contributed by atoms with Crippen LogP contribution in [0.1, 0.15) is 38.5 Å². The van der Waals surface area contributed by atoms with E-state index in [1.165, 1.54) is 26.2 Å². The maximum atomic E-state index is 2.90. The van der Waals surface area contributed by atoms with Gasteiger partial charge in [0.15, 0.2) is 0 Å². The highest BCUT2D eigenvalue weighted by Gasteiger charge is 2.53. The zero-order valence-electron chi connectivity index (χ0n) is 12.0. The molecule has 19 heavy (non-hydrogen) atoms. The molecule has 0 unspecified atom stereocenters. The fourth-order valence-electron chi connectivity index (χ4n) is 5.73. The van der Waals surface area contributed by atoms with Gasteiger partial charge in [-0.2, -0.15) is 0 Å². The Kier molecular flexibility index (Phi) is 4.77. The van der Waals surface area contributed by atoms with Crippen LogP contribution in [0.25, 0.3) is 0 Å². The summed E-state index contributed by atoms with van der Waals surface area (Å²) in [6.45, 7) is 5.26. The zero-order chi connectivity index (χ0) is 11.5. The number of halogens is 2. The number of hydrogen-bond donors (Lipinski definition) is 0. The third-order valence-electron chi connectivity index (χ3n) is 6.18. The van der Waals surface area contributed by atoms with E-state index in [1.807, 2.05) is 0 Å². The minimum Gasteiger partial charge on any atom is -0.304 e. The molecule has 5 fully saturated rings. The molecule has 5 aliphatic rings. The summed E-state index contributed by atoms with van der Waals surface area (Å²) < 4.78 is 0. The molecule has 0 radical (unpaired) electrons. The summed E-state index contributed by atoms with van der Waals surface area (Å²) in [5.74, 6) is 3.29. The van der Waals surface area contributed by atoms with E-state index in [1.54, 1.807) is 38.5 Å². The normalized spacial score (nSPS) is 45.6. The van der Waals surface area contributed by atoms with Crippen molar-refractivity contribution in [2.24, 2.45) is 17.8 Å². The van der Waals surface area contributed by atoms with Crippen LogP contribution in [0.5, 0.6) is 0 Å². The van der Waals surface area contributed by atoms with Gasteiger partial charge in [0.1, 0.15) is 0 Å². The van der Waals surface area contributed by atoms with E-state index in [0.29, 0.717) is 5.54 Å². The zero-order valence-corrected chi connectivity index (χ0v) is 13.6. The molecule has 0 spiro atoms. The summed E-state index contributed by atoms with van der Waals surface area (Å²) in [7, 11) is 2.27. The Morgan fingerprint density at radius 1 is 0.737 bits per heavy atom. The van der Waals surface area contributed by atoms with Crippen LogP contribution >= 0.6 is 24.8 Å². The van der Waals surface area contributed by atoms with E-state index in [-0.39, 0.29) is 24.8 Å².